The lowest BCUT2D eigenvalue weighted by Gasteiger charge is -2.37. The van der Waals surface area contributed by atoms with Crippen LogP contribution in [0.4, 0.5) is 0 Å². The maximum absolute atomic E-state index is 13.9. The lowest BCUT2D eigenvalue weighted by atomic mass is 9.63. The summed E-state index contributed by atoms with van der Waals surface area (Å²) in [5, 5.41) is 1.89. The molecule has 2 saturated carbocycles. The third-order valence-electron chi connectivity index (χ3n) is 9.20. The van der Waals surface area contributed by atoms with Crippen molar-refractivity contribution in [2.75, 3.05) is 6.54 Å². The van der Waals surface area contributed by atoms with Gasteiger partial charge in [-0.1, -0.05) is 53.6 Å². The third-order valence-corrected chi connectivity index (χ3v) is 10.8. The number of amides is 3. The Kier molecular flexibility index (Phi) is 6.75. The maximum Gasteiger partial charge on any atom is 0.339 e. The lowest BCUT2D eigenvalue weighted by molar-refractivity contribution is -0.154. The van der Waals surface area contributed by atoms with E-state index in [1.807, 2.05) is 19.1 Å². The highest BCUT2D eigenvalue weighted by molar-refractivity contribution is 7.87. The Morgan fingerprint density at radius 1 is 0.886 bits per heavy atom. The number of allylic oxidation sites excluding steroid dienone is 2. The molecule has 5 aliphatic rings. The van der Waals surface area contributed by atoms with Gasteiger partial charge >= 0.3 is 10.1 Å². The molecule has 0 N–H and O–H groups in total. The molecule has 44 heavy (non-hydrogen) atoms. The molecule has 224 valence electrons. The maximum atomic E-state index is 13.9. The molecular formula is C33H27ClN2O7S. The molecule has 3 amide bonds. The number of hydrazine groups is 1. The van der Waals surface area contributed by atoms with Crippen LogP contribution in [0.5, 0.6) is 5.75 Å². The van der Waals surface area contributed by atoms with Crippen LogP contribution in [0.3, 0.4) is 0 Å². The van der Waals surface area contributed by atoms with Crippen molar-refractivity contribution in [3.63, 3.8) is 0 Å². The normalized spacial score (nSPS) is 26.3. The number of ketones is 1. The van der Waals surface area contributed by atoms with Crippen LogP contribution in [0.2, 0.25) is 5.02 Å². The average Bonchev–Trinajstić information content (AvgIpc) is 3.79. The predicted octanol–water partition coefficient (Wildman–Crippen LogP) is 4.71. The molecule has 0 aromatic heterocycles. The minimum absolute atomic E-state index is 0.0124. The van der Waals surface area contributed by atoms with Gasteiger partial charge in [0.2, 0.25) is 0 Å². The highest BCUT2D eigenvalue weighted by Gasteiger charge is 2.68. The van der Waals surface area contributed by atoms with Gasteiger partial charge in [-0.2, -0.15) is 13.4 Å². The number of carbonyl (C=O) groups excluding carboxylic acids is 4. The summed E-state index contributed by atoms with van der Waals surface area (Å²) >= 11 is 6.33. The third kappa shape index (κ3) is 4.64. The number of hydrogen-bond donors (Lipinski definition) is 0. The second-order valence-electron chi connectivity index (χ2n) is 11.8. The summed E-state index contributed by atoms with van der Waals surface area (Å²) < 4.78 is 30.6. The van der Waals surface area contributed by atoms with Crippen LogP contribution in [0.1, 0.15) is 32.7 Å². The van der Waals surface area contributed by atoms with Crippen LogP contribution >= 0.6 is 11.6 Å². The van der Waals surface area contributed by atoms with Crippen LogP contribution in [0.15, 0.2) is 89.8 Å². The van der Waals surface area contributed by atoms with Crippen molar-refractivity contribution in [1.29, 1.82) is 0 Å². The van der Waals surface area contributed by atoms with Gasteiger partial charge in [0.15, 0.2) is 5.78 Å². The van der Waals surface area contributed by atoms with Crippen LogP contribution < -0.4 is 4.18 Å². The van der Waals surface area contributed by atoms with Gasteiger partial charge in [0.05, 0.1) is 22.4 Å². The van der Waals surface area contributed by atoms with Crippen molar-refractivity contribution in [3.05, 3.63) is 107 Å². The van der Waals surface area contributed by atoms with Crippen molar-refractivity contribution < 1.29 is 31.8 Å². The first kappa shape index (κ1) is 28.5. The van der Waals surface area contributed by atoms with Crippen molar-refractivity contribution in [2.45, 2.75) is 18.2 Å². The molecule has 6 atom stereocenters. The van der Waals surface area contributed by atoms with Crippen LogP contribution in [0, 0.1) is 42.4 Å². The van der Waals surface area contributed by atoms with Crippen molar-refractivity contribution in [3.8, 4) is 5.75 Å². The summed E-state index contributed by atoms with van der Waals surface area (Å²) in [5.41, 5.74) is 1.07. The molecule has 1 heterocycles. The van der Waals surface area contributed by atoms with E-state index in [1.165, 1.54) is 48.5 Å². The van der Waals surface area contributed by atoms with E-state index in [2.05, 4.69) is 0 Å². The van der Waals surface area contributed by atoms with E-state index in [9.17, 15) is 27.6 Å². The van der Waals surface area contributed by atoms with Crippen molar-refractivity contribution >= 4 is 45.2 Å². The smallest absolute Gasteiger partial charge is 0.339 e. The van der Waals surface area contributed by atoms with Crippen LogP contribution in [0.25, 0.3) is 0 Å². The minimum Gasteiger partial charge on any atom is -0.379 e. The van der Waals surface area contributed by atoms with E-state index in [0.717, 1.165) is 22.0 Å². The summed E-state index contributed by atoms with van der Waals surface area (Å²) in [4.78, 5) is 55.1. The average molecular weight is 631 g/mol. The number of benzene rings is 3. The first-order valence-electron chi connectivity index (χ1n) is 14.3. The Bertz CT molecular complexity index is 1820. The summed E-state index contributed by atoms with van der Waals surface area (Å²) in [6.07, 6.45) is 5.05. The van der Waals surface area contributed by atoms with E-state index in [-0.39, 0.29) is 38.6 Å². The summed E-state index contributed by atoms with van der Waals surface area (Å²) in [6.45, 7) is 1.22. The number of halogens is 1. The van der Waals surface area contributed by atoms with Gasteiger partial charge in [-0.15, -0.1) is 0 Å². The molecule has 0 spiro atoms. The first-order chi connectivity index (χ1) is 21.0. The quantitative estimate of drug-likeness (QED) is 0.153. The molecule has 9 nitrogen and oxygen atoms in total. The molecule has 3 fully saturated rings. The fourth-order valence-electron chi connectivity index (χ4n) is 6.99. The lowest BCUT2D eigenvalue weighted by Crippen LogP contribution is -2.52. The fourth-order valence-corrected chi connectivity index (χ4v) is 8.14. The highest BCUT2D eigenvalue weighted by atomic mass is 35.5. The van der Waals surface area contributed by atoms with E-state index in [1.54, 1.807) is 24.3 Å². The Balaban J connectivity index is 1.15. The van der Waals surface area contributed by atoms with Crippen molar-refractivity contribution in [1.82, 2.24) is 10.0 Å². The van der Waals surface area contributed by atoms with Gasteiger partial charge in [-0.25, -0.2) is 5.01 Å². The number of carbonyl (C=O) groups is 4. The van der Waals surface area contributed by atoms with Crippen molar-refractivity contribution in [2.24, 2.45) is 35.5 Å². The van der Waals surface area contributed by atoms with E-state index >= 15 is 0 Å². The van der Waals surface area contributed by atoms with Crippen LogP contribution in [-0.4, -0.2) is 48.5 Å². The zero-order valence-electron chi connectivity index (χ0n) is 23.5. The molecule has 2 bridgehead atoms. The zero-order chi connectivity index (χ0) is 30.9. The molecule has 4 aliphatic carbocycles. The molecule has 3 aromatic carbocycles. The first-order valence-corrected chi connectivity index (χ1v) is 16.1. The fraction of sp³-hybridized carbons (Fsp3) is 0.273. The van der Waals surface area contributed by atoms with E-state index < -0.39 is 52.0 Å². The number of Topliss-reactive ketones (excluding diaryl/α,β-unsaturated/α-hetero) is 1. The largest absolute Gasteiger partial charge is 0.379 e. The molecule has 1 aliphatic heterocycles. The van der Waals surface area contributed by atoms with E-state index in [4.69, 9.17) is 15.8 Å². The second-order valence-corrected chi connectivity index (χ2v) is 13.7. The van der Waals surface area contributed by atoms with Crippen LogP contribution in [-0.2, 0) is 19.7 Å². The highest BCUT2D eigenvalue weighted by Crippen LogP contribution is 2.65. The van der Waals surface area contributed by atoms with E-state index in [0.29, 0.717) is 11.8 Å². The Labute approximate surface area is 259 Å². The number of nitrogens with zero attached hydrogens (tertiary/aromatic N) is 2. The van der Waals surface area contributed by atoms with Gasteiger partial charge in [0, 0.05) is 5.56 Å². The SMILES string of the molecule is Cc1ccc(S(=O)(=O)Oc2ccc(C(=O)CN(C(=O)c3ccccc3Cl)N3C(=O)[C@@H]4[C@H]5C=C[C@@H]([C@@H]6C[C@@H]56)[C@@H]4C3=O)cc2)cc1. The standard InChI is InChI=1S/C33H27ClN2O7S/c1-18-6-12-21(13-7-18)44(41,42)43-20-10-8-19(9-11-20)28(37)17-35(31(38)24-4-2-3-5-27(24)34)36-32(39)29-22-14-15-23(26-16-25(22)26)30(29)33(36)40/h2-15,22-23,25-26,29-30H,16-17H2,1H3/t22-,23-,25-,26-,29-,30+/m0/s1. The molecule has 0 unspecified atom stereocenters. The molecule has 11 heteroatoms. The second kappa shape index (κ2) is 10.4. The molecule has 0 radical (unpaired) electrons. The van der Waals surface area contributed by atoms with Gasteiger partial charge in [-0.05, 0) is 85.5 Å². The molecule has 1 saturated heterocycles. The predicted molar refractivity (Wildman–Crippen MR) is 159 cm³/mol. The molecule has 3 aromatic rings. The minimum atomic E-state index is -4.10. The number of rotatable bonds is 8. The van der Waals surface area contributed by atoms with Gasteiger partial charge < -0.3 is 4.18 Å². The molecular weight excluding hydrogens is 604 g/mol. The monoisotopic (exact) mass is 630 g/mol. The Morgan fingerprint density at radius 3 is 2.07 bits per heavy atom. The number of aryl methyl sites for hydroxylation is 1. The van der Waals surface area contributed by atoms with Gasteiger partial charge in [0.25, 0.3) is 17.7 Å². The number of imide groups is 1. The number of hydrogen-bond acceptors (Lipinski definition) is 7. The summed E-state index contributed by atoms with van der Waals surface area (Å²) in [7, 11) is -4.10. The zero-order valence-corrected chi connectivity index (χ0v) is 25.1. The summed E-state index contributed by atoms with van der Waals surface area (Å²) in [6, 6.07) is 17.8. The van der Waals surface area contributed by atoms with Gasteiger partial charge in [0.1, 0.15) is 17.2 Å². The molecule has 8 rings (SSSR count). The summed E-state index contributed by atoms with van der Waals surface area (Å²) in [5.74, 6) is -2.82. The Hall–Kier alpha value is -4.28. The topological polar surface area (TPSA) is 118 Å². The Morgan fingerprint density at radius 2 is 1.48 bits per heavy atom. The van der Waals surface area contributed by atoms with Gasteiger partial charge in [-0.3, -0.25) is 19.2 Å².